The zero-order chi connectivity index (χ0) is 14.2. The molecule has 1 aliphatic rings. The van der Waals surface area contributed by atoms with E-state index in [9.17, 15) is 5.11 Å². The highest BCUT2D eigenvalue weighted by molar-refractivity contribution is 8.00. The van der Waals surface area contributed by atoms with Gasteiger partial charge in [0.1, 0.15) is 5.82 Å². The van der Waals surface area contributed by atoms with E-state index in [1.54, 1.807) is 0 Å². The molecule has 3 nitrogen and oxygen atoms in total. The third-order valence-electron chi connectivity index (χ3n) is 3.66. The molecule has 1 saturated heterocycles. The fourth-order valence-electron chi connectivity index (χ4n) is 2.75. The van der Waals surface area contributed by atoms with Gasteiger partial charge >= 0.3 is 0 Å². The number of thioether (sulfide) groups is 1. The molecule has 1 aromatic carbocycles. The number of nitrogens with zero attached hydrogens (tertiary/aromatic N) is 2. The van der Waals surface area contributed by atoms with Crippen molar-refractivity contribution in [1.82, 2.24) is 4.98 Å². The number of aliphatic hydroxyl groups excluding tert-OH is 1. The Hall–Kier alpha value is -1.26. The Kier molecular flexibility index (Phi) is 3.61. The van der Waals surface area contributed by atoms with Crippen LogP contribution in [0, 0.1) is 0 Å². The lowest BCUT2D eigenvalue weighted by atomic mass is 10.1. The van der Waals surface area contributed by atoms with E-state index in [1.165, 1.54) is 5.39 Å². The molecule has 1 aliphatic heterocycles. The van der Waals surface area contributed by atoms with Crippen molar-refractivity contribution in [3.63, 3.8) is 0 Å². The van der Waals surface area contributed by atoms with Gasteiger partial charge in [0.2, 0.25) is 0 Å². The van der Waals surface area contributed by atoms with Gasteiger partial charge in [-0.05, 0) is 25.3 Å². The van der Waals surface area contributed by atoms with Crippen LogP contribution in [0.1, 0.15) is 19.5 Å². The summed E-state index contributed by atoms with van der Waals surface area (Å²) in [6, 6.07) is 10.3. The van der Waals surface area contributed by atoms with E-state index in [4.69, 9.17) is 0 Å². The first-order valence-electron chi connectivity index (χ1n) is 6.97. The van der Waals surface area contributed by atoms with Crippen molar-refractivity contribution in [3.8, 4) is 0 Å². The van der Waals surface area contributed by atoms with Crippen molar-refractivity contribution >= 4 is 28.4 Å². The number of anilines is 1. The van der Waals surface area contributed by atoms with Crippen molar-refractivity contribution in [2.24, 2.45) is 0 Å². The summed E-state index contributed by atoms with van der Waals surface area (Å²) in [7, 11) is 0. The molecule has 0 saturated carbocycles. The molecule has 2 heterocycles. The van der Waals surface area contributed by atoms with Crippen LogP contribution >= 0.6 is 11.8 Å². The fourth-order valence-corrected chi connectivity index (χ4v) is 3.87. The number of rotatable bonds is 2. The SMILES string of the molecule is CC1(C)CN(c2nc(CO)cc3ccccc23)CCS1. The van der Waals surface area contributed by atoms with Crippen molar-refractivity contribution in [1.29, 1.82) is 0 Å². The van der Waals surface area contributed by atoms with Gasteiger partial charge in [-0.15, -0.1) is 0 Å². The van der Waals surface area contributed by atoms with Crippen LogP contribution in [0.2, 0.25) is 0 Å². The first-order valence-corrected chi connectivity index (χ1v) is 7.96. The van der Waals surface area contributed by atoms with E-state index >= 15 is 0 Å². The first kappa shape index (κ1) is 13.7. The first-order chi connectivity index (χ1) is 9.59. The Bertz CT molecular complexity index is 627. The summed E-state index contributed by atoms with van der Waals surface area (Å²) in [6.45, 7) is 6.55. The van der Waals surface area contributed by atoms with Crippen LogP contribution in [0.15, 0.2) is 30.3 Å². The van der Waals surface area contributed by atoms with Gasteiger partial charge < -0.3 is 10.0 Å². The average Bonchev–Trinajstić information content (AvgIpc) is 2.45. The van der Waals surface area contributed by atoms with E-state index < -0.39 is 0 Å². The largest absolute Gasteiger partial charge is 0.390 e. The lowest BCUT2D eigenvalue weighted by Crippen LogP contribution is -2.43. The van der Waals surface area contributed by atoms with E-state index in [-0.39, 0.29) is 11.4 Å². The number of hydrogen-bond acceptors (Lipinski definition) is 4. The molecule has 0 bridgehead atoms. The molecule has 0 amide bonds. The second kappa shape index (κ2) is 5.26. The number of hydrogen-bond donors (Lipinski definition) is 1. The van der Waals surface area contributed by atoms with E-state index in [0.29, 0.717) is 0 Å². The summed E-state index contributed by atoms with van der Waals surface area (Å²) in [4.78, 5) is 7.03. The summed E-state index contributed by atoms with van der Waals surface area (Å²) in [5.74, 6) is 2.13. The van der Waals surface area contributed by atoms with Crippen molar-refractivity contribution in [2.45, 2.75) is 25.2 Å². The van der Waals surface area contributed by atoms with E-state index in [0.717, 1.165) is 35.7 Å². The zero-order valence-corrected chi connectivity index (χ0v) is 12.8. The standard InChI is InChI=1S/C16H20N2OS/c1-16(2)11-18(7-8-20-16)15-14-6-4-3-5-12(14)9-13(10-19)17-15/h3-6,9,19H,7-8,10-11H2,1-2H3. The Morgan fingerprint density at radius 3 is 2.90 bits per heavy atom. The molecule has 3 rings (SSSR count). The molecule has 1 N–H and O–H groups in total. The van der Waals surface area contributed by atoms with Gasteiger partial charge in [0, 0.05) is 29.0 Å². The molecule has 0 radical (unpaired) electrons. The quantitative estimate of drug-likeness (QED) is 0.921. The van der Waals surface area contributed by atoms with Gasteiger partial charge in [-0.1, -0.05) is 24.3 Å². The maximum absolute atomic E-state index is 9.44. The monoisotopic (exact) mass is 288 g/mol. The lowest BCUT2D eigenvalue weighted by molar-refractivity contribution is 0.277. The highest BCUT2D eigenvalue weighted by Crippen LogP contribution is 2.34. The Balaban J connectivity index is 2.09. The van der Waals surface area contributed by atoms with E-state index in [1.807, 2.05) is 23.9 Å². The third kappa shape index (κ3) is 2.63. The van der Waals surface area contributed by atoms with Gasteiger partial charge in [0.25, 0.3) is 0 Å². The number of pyridine rings is 1. The van der Waals surface area contributed by atoms with Crippen molar-refractivity contribution < 1.29 is 5.11 Å². The molecule has 20 heavy (non-hydrogen) atoms. The molecule has 4 heteroatoms. The number of fused-ring (bicyclic) bond motifs is 1. The smallest absolute Gasteiger partial charge is 0.136 e. The second-order valence-corrected chi connectivity index (χ2v) is 7.65. The zero-order valence-electron chi connectivity index (χ0n) is 12.0. The summed E-state index contributed by atoms with van der Waals surface area (Å²) >= 11 is 2.02. The predicted octanol–water partition coefficient (Wildman–Crippen LogP) is 3.06. The summed E-state index contributed by atoms with van der Waals surface area (Å²) in [5, 5.41) is 11.8. The minimum atomic E-state index is -0.0101. The Labute approximate surface area is 124 Å². The van der Waals surface area contributed by atoms with Gasteiger partial charge in [-0.2, -0.15) is 11.8 Å². The molecular formula is C16H20N2OS. The predicted molar refractivity (Wildman–Crippen MR) is 86.4 cm³/mol. The Morgan fingerprint density at radius 2 is 2.15 bits per heavy atom. The molecule has 106 valence electrons. The number of aromatic nitrogens is 1. The van der Waals surface area contributed by atoms with Crippen LogP contribution in [0.25, 0.3) is 10.8 Å². The van der Waals surface area contributed by atoms with Crippen LogP contribution < -0.4 is 4.90 Å². The summed E-state index contributed by atoms with van der Waals surface area (Å²) in [5.41, 5.74) is 0.745. The van der Waals surface area contributed by atoms with E-state index in [2.05, 4.69) is 41.9 Å². The third-order valence-corrected chi connectivity index (χ3v) is 4.96. The molecule has 0 atom stereocenters. The van der Waals surface area contributed by atoms with Crippen LogP contribution in [0.5, 0.6) is 0 Å². The summed E-state index contributed by atoms with van der Waals surface area (Å²) < 4.78 is 0.246. The van der Waals surface area contributed by atoms with Crippen molar-refractivity contribution in [2.75, 3.05) is 23.7 Å². The number of aliphatic hydroxyl groups is 1. The fraction of sp³-hybridized carbons (Fsp3) is 0.438. The second-order valence-electron chi connectivity index (χ2n) is 5.85. The average molecular weight is 288 g/mol. The maximum atomic E-state index is 9.44. The maximum Gasteiger partial charge on any atom is 0.136 e. The van der Waals surface area contributed by atoms with Gasteiger partial charge in [-0.3, -0.25) is 0 Å². The van der Waals surface area contributed by atoms with Gasteiger partial charge in [0.15, 0.2) is 0 Å². The van der Waals surface area contributed by atoms with Crippen LogP contribution in [0.3, 0.4) is 0 Å². The minimum Gasteiger partial charge on any atom is -0.390 e. The lowest BCUT2D eigenvalue weighted by Gasteiger charge is -2.38. The Morgan fingerprint density at radius 1 is 1.35 bits per heavy atom. The molecule has 1 fully saturated rings. The summed E-state index contributed by atoms with van der Waals surface area (Å²) in [6.07, 6.45) is 0. The van der Waals surface area contributed by atoms with Crippen LogP contribution in [0.4, 0.5) is 5.82 Å². The number of benzene rings is 1. The van der Waals surface area contributed by atoms with Crippen LogP contribution in [-0.4, -0.2) is 33.7 Å². The molecule has 2 aromatic rings. The van der Waals surface area contributed by atoms with Gasteiger partial charge in [-0.25, -0.2) is 4.98 Å². The molecule has 1 aromatic heterocycles. The molecule has 0 aliphatic carbocycles. The highest BCUT2D eigenvalue weighted by Gasteiger charge is 2.28. The topological polar surface area (TPSA) is 36.4 Å². The van der Waals surface area contributed by atoms with Crippen molar-refractivity contribution in [3.05, 3.63) is 36.0 Å². The molecule has 0 spiro atoms. The highest BCUT2D eigenvalue weighted by atomic mass is 32.2. The normalized spacial score (nSPS) is 18.4. The minimum absolute atomic E-state index is 0.0101. The molecule has 0 unspecified atom stereocenters. The molecular weight excluding hydrogens is 268 g/mol. The van der Waals surface area contributed by atoms with Crippen LogP contribution in [-0.2, 0) is 6.61 Å². The van der Waals surface area contributed by atoms with Gasteiger partial charge in [0.05, 0.1) is 12.3 Å².